The van der Waals surface area contributed by atoms with Crippen LogP contribution in [0.4, 0.5) is 5.13 Å². The number of thiazole rings is 1. The Balaban J connectivity index is 1.49. The third kappa shape index (κ3) is 4.77. The quantitative estimate of drug-likeness (QED) is 0.549. The summed E-state index contributed by atoms with van der Waals surface area (Å²) in [5, 5.41) is 0.699. The van der Waals surface area contributed by atoms with Crippen LogP contribution in [0.15, 0.2) is 48.5 Å². The molecule has 1 saturated heterocycles. The summed E-state index contributed by atoms with van der Waals surface area (Å²) in [4.78, 5) is 19.5. The summed E-state index contributed by atoms with van der Waals surface area (Å²) in [6.07, 6.45) is 2.05. The third-order valence-electron chi connectivity index (χ3n) is 5.13. The summed E-state index contributed by atoms with van der Waals surface area (Å²) in [5.41, 5.74) is 2.15. The van der Waals surface area contributed by atoms with Crippen LogP contribution in [-0.2, 0) is 9.53 Å². The van der Waals surface area contributed by atoms with Gasteiger partial charge in [0.2, 0.25) is 0 Å². The Bertz CT molecular complexity index is 929. The van der Waals surface area contributed by atoms with Crippen molar-refractivity contribution >= 4 is 32.6 Å². The van der Waals surface area contributed by atoms with E-state index in [1.807, 2.05) is 48.5 Å². The Morgan fingerprint density at radius 2 is 2.03 bits per heavy atom. The van der Waals surface area contributed by atoms with E-state index >= 15 is 0 Å². The van der Waals surface area contributed by atoms with Crippen LogP contribution in [0.25, 0.3) is 10.2 Å². The van der Waals surface area contributed by atoms with Crippen LogP contribution >= 0.6 is 11.3 Å². The average molecular weight is 411 g/mol. The van der Waals surface area contributed by atoms with Crippen molar-refractivity contribution in [1.29, 1.82) is 0 Å². The molecule has 0 spiro atoms. The van der Waals surface area contributed by atoms with E-state index in [2.05, 4.69) is 18.8 Å². The maximum absolute atomic E-state index is 13.1. The fraction of sp³-hybridized carbons (Fsp3) is 0.391. The molecule has 1 aliphatic heterocycles. The number of hydrogen-bond donors (Lipinski definition) is 0. The molecule has 1 unspecified atom stereocenters. The Kier molecular flexibility index (Phi) is 6.11. The number of fused-ring (bicyclic) bond motifs is 1. The summed E-state index contributed by atoms with van der Waals surface area (Å²) in [6, 6.07) is 15.9. The first kappa shape index (κ1) is 19.9. The molecule has 152 valence electrons. The van der Waals surface area contributed by atoms with E-state index in [4.69, 9.17) is 9.47 Å². The standard InChI is InChI=1S/C23H26N2O3S/c1-16(2)17-9-11-18(12-10-17)28-15-22(26)25(14-19-6-5-13-27-19)23-24-20-7-3-4-8-21(20)29-23/h3-4,7-12,16,19H,5-6,13-15H2,1-2H3. The SMILES string of the molecule is CC(C)c1ccc(OCC(=O)N(CC2CCCO2)c2nc3ccccc3s2)cc1. The van der Waals surface area contributed by atoms with E-state index in [1.165, 1.54) is 16.9 Å². The molecule has 29 heavy (non-hydrogen) atoms. The molecule has 5 nitrogen and oxygen atoms in total. The topological polar surface area (TPSA) is 51.7 Å². The van der Waals surface area contributed by atoms with Crippen molar-refractivity contribution in [2.45, 2.75) is 38.7 Å². The summed E-state index contributed by atoms with van der Waals surface area (Å²) >= 11 is 1.53. The van der Waals surface area contributed by atoms with Gasteiger partial charge in [-0.3, -0.25) is 9.69 Å². The van der Waals surface area contributed by atoms with Crippen LogP contribution in [0.3, 0.4) is 0 Å². The fourth-order valence-electron chi connectivity index (χ4n) is 3.43. The molecule has 0 radical (unpaired) electrons. The first-order chi connectivity index (χ1) is 14.1. The summed E-state index contributed by atoms with van der Waals surface area (Å²) < 4.78 is 12.6. The molecule has 0 N–H and O–H groups in total. The number of rotatable bonds is 7. The molecule has 0 bridgehead atoms. The van der Waals surface area contributed by atoms with Crippen molar-refractivity contribution in [3.05, 3.63) is 54.1 Å². The lowest BCUT2D eigenvalue weighted by atomic mass is 10.0. The highest BCUT2D eigenvalue weighted by molar-refractivity contribution is 7.22. The smallest absolute Gasteiger partial charge is 0.266 e. The summed E-state index contributed by atoms with van der Waals surface area (Å²) in [6.45, 7) is 5.55. The van der Waals surface area contributed by atoms with E-state index in [-0.39, 0.29) is 18.6 Å². The summed E-state index contributed by atoms with van der Waals surface area (Å²) in [7, 11) is 0. The Morgan fingerprint density at radius 3 is 2.72 bits per heavy atom. The molecule has 4 rings (SSSR count). The number of ether oxygens (including phenoxy) is 2. The van der Waals surface area contributed by atoms with Gasteiger partial charge in [-0.15, -0.1) is 0 Å². The molecule has 1 fully saturated rings. The van der Waals surface area contributed by atoms with E-state index in [1.54, 1.807) is 4.90 Å². The number of hydrogen-bond acceptors (Lipinski definition) is 5. The number of benzene rings is 2. The number of para-hydroxylation sites is 1. The first-order valence-electron chi connectivity index (χ1n) is 10.1. The second-order valence-electron chi connectivity index (χ2n) is 7.62. The first-order valence-corrected chi connectivity index (χ1v) is 10.9. The Morgan fingerprint density at radius 1 is 1.24 bits per heavy atom. The molecule has 6 heteroatoms. The maximum Gasteiger partial charge on any atom is 0.266 e. The zero-order valence-corrected chi connectivity index (χ0v) is 17.7. The minimum Gasteiger partial charge on any atom is -0.484 e. The fourth-order valence-corrected chi connectivity index (χ4v) is 4.42. The number of anilines is 1. The van der Waals surface area contributed by atoms with Crippen molar-refractivity contribution in [3.63, 3.8) is 0 Å². The monoisotopic (exact) mass is 410 g/mol. The van der Waals surface area contributed by atoms with Gasteiger partial charge in [0.05, 0.1) is 22.9 Å². The van der Waals surface area contributed by atoms with E-state index in [0.717, 1.165) is 29.7 Å². The van der Waals surface area contributed by atoms with Crippen molar-refractivity contribution in [2.75, 3.05) is 24.7 Å². The van der Waals surface area contributed by atoms with Gasteiger partial charge in [0, 0.05) is 6.61 Å². The van der Waals surface area contributed by atoms with Crippen LogP contribution in [0.5, 0.6) is 5.75 Å². The van der Waals surface area contributed by atoms with Gasteiger partial charge in [0.25, 0.3) is 5.91 Å². The number of carbonyl (C=O) groups excluding carboxylic acids is 1. The lowest BCUT2D eigenvalue weighted by Gasteiger charge is -2.23. The predicted octanol–water partition coefficient (Wildman–Crippen LogP) is 5.01. The molecule has 3 aromatic rings. The highest BCUT2D eigenvalue weighted by Crippen LogP contribution is 2.30. The van der Waals surface area contributed by atoms with Crippen molar-refractivity contribution in [2.24, 2.45) is 0 Å². The van der Waals surface area contributed by atoms with Gasteiger partial charge in [-0.2, -0.15) is 0 Å². The van der Waals surface area contributed by atoms with Crippen LogP contribution in [-0.4, -0.2) is 36.8 Å². The number of carbonyl (C=O) groups is 1. The van der Waals surface area contributed by atoms with Crippen LogP contribution < -0.4 is 9.64 Å². The largest absolute Gasteiger partial charge is 0.484 e. The van der Waals surface area contributed by atoms with Gasteiger partial charge in [0.15, 0.2) is 11.7 Å². The van der Waals surface area contributed by atoms with E-state index in [0.29, 0.717) is 23.3 Å². The van der Waals surface area contributed by atoms with Crippen LogP contribution in [0.2, 0.25) is 0 Å². The molecular formula is C23H26N2O3S. The normalized spacial score (nSPS) is 16.4. The molecule has 2 heterocycles. The highest BCUT2D eigenvalue weighted by atomic mass is 32.1. The molecule has 0 saturated carbocycles. The Labute approximate surface area is 175 Å². The van der Waals surface area contributed by atoms with Gasteiger partial charge in [0.1, 0.15) is 5.75 Å². The molecule has 0 aliphatic carbocycles. The number of aromatic nitrogens is 1. The molecule has 2 aromatic carbocycles. The molecule has 1 amide bonds. The zero-order valence-electron chi connectivity index (χ0n) is 16.8. The van der Waals surface area contributed by atoms with Crippen molar-refractivity contribution in [3.8, 4) is 5.75 Å². The van der Waals surface area contributed by atoms with Gasteiger partial charge in [-0.1, -0.05) is 49.4 Å². The predicted molar refractivity (Wildman–Crippen MR) is 117 cm³/mol. The summed E-state index contributed by atoms with van der Waals surface area (Å²) in [5.74, 6) is 1.06. The molecule has 1 aliphatic rings. The molecule has 1 aromatic heterocycles. The lowest BCUT2D eigenvalue weighted by molar-refractivity contribution is -0.120. The third-order valence-corrected chi connectivity index (χ3v) is 6.19. The van der Waals surface area contributed by atoms with Gasteiger partial charge in [-0.25, -0.2) is 4.98 Å². The Hall–Kier alpha value is -2.44. The van der Waals surface area contributed by atoms with Crippen molar-refractivity contribution < 1.29 is 14.3 Å². The zero-order chi connectivity index (χ0) is 20.2. The highest BCUT2D eigenvalue weighted by Gasteiger charge is 2.26. The van der Waals surface area contributed by atoms with Crippen LogP contribution in [0, 0.1) is 0 Å². The minimum atomic E-state index is -0.104. The molecule has 1 atom stereocenters. The number of nitrogens with zero attached hydrogens (tertiary/aromatic N) is 2. The second kappa shape index (κ2) is 8.93. The van der Waals surface area contributed by atoms with Gasteiger partial charge < -0.3 is 9.47 Å². The second-order valence-corrected chi connectivity index (χ2v) is 8.63. The maximum atomic E-state index is 13.1. The minimum absolute atomic E-state index is 0.0241. The van der Waals surface area contributed by atoms with E-state index in [9.17, 15) is 4.79 Å². The van der Waals surface area contributed by atoms with E-state index < -0.39 is 0 Å². The van der Waals surface area contributed by atoms with Crippen molar-refractivity contribution in [1.82, 2.24) is 4.98 Å². The van der Waals surface area contributed by atoms with Gasteiger partial charge >= 0.3 is 0 Å². The molecular weight excluding hydrogens is 384 g/mol. The average Bonchev–Trinajstić information content (AvgIpc) is 3.39. The number of amides is 1. The van der Waals surface area contributed by atoms with Gasteiger partial charge in [-0.05, 0) is 48.6 Å². The lowest BCUT2D eigenvalue weighted by Crippen LogP contribution is -2.40. The van der Waals surface area contributed by atoms with Crippen LogP contribution in [0.1, 0.15) is 38.2 Å².